The zero-order valence-corrected chi connectivity index (χ0v) is 13.6. The molecule has 0 saturated heterocycles. The van der Waals surface area contributed by atoms with E-state index in [4.69, 9.17) is 14.9 Å². The monoisotopic (exact) mass is 370 g/mol. The van der Waals surface area contributed by atoms with E-state index in [0.29, 0.717) is 12.8 Å². The second kappa shape index (κ2) is 10.5. The number of carboxylic acid groups (broad SMARTS) is 2. The standard InChI is InChI=1S/C15H18N2O9/c18-13(19)8-7-12(14(20)21)16-15(22)26-11-5-3-10(4-6-11)2-1-9-25-17(23)24/h3-6,12H,1-2,7-9H2,(H,16,22)(H,18,19)(H,20,21). The third kappa shape index (κ3) is 8.47. The number of carbonyl (C=O) groups is 3. The molecule has 1 aromatic carbocycles. The van der Waals surface area contributed by atoms with Crippen LogP contribution < -0.4 is 10.1 Å². The Morgan fingerprint density at radius 3 is 2.38 bits per heavy atom. The number of amides is 1. The maximum atomic E-state index is 11.7. The quantitative estimate of drug-likeness (QED) is 0.295. The Morgan fingerprint density at radius 1 is 1.19 bits per heavy atom. The molecule has 0 aliphatic heterocycles. The maximum Gasteiger partial charge on any atom is 0.413 e. The van der Waals surface area contributed by atoms with Crippen molar-refractivity contribution >= 4 is 18.0 Å². The average Bonchev–Trinajstić information content (AvgIpc) is 2.56. The topological polar surface area (TPSA) is 165 Å². The van der Waals surface area contributed by atoms with E-state index in [0.717, 1.165) is 5.56 Å². The van der Waals surface area contributed by atoms with Crippen molar-refractivity contribution in [2.24, 2.45) is 0 Å². The predicted octanol–water partition coefficient (Wildman–Crippen LogP) is 1.23. The number of hydrogen-bond acceptors (Lipinski definition) is 7. The van der Waals surface area contributed by atoms with Crippen molar-refractivity contribution in [3.63, 3.8) is 0 Å². The van der Waals surface area contributed by atoms with Gasteiger partial charge in [0, 0.05) is 6.42 Å². The van der Waals surface area contributed by atoms with Crippen molar-refractivity contribution in [3.05, 3.63) is 39.9 Å². The number of aryl methyl sites for hydroxylation is 1. The Morgan fingerprint density at radius 2 is 1.85 bits per heavy atom. The van der Waals surface area contributed by atoms with Gasteiger partial charge in [-0.05, 0) is 37.0 Å². The van der Waals surface area contributed by atoms with Crippen LogP contribution in [0.4, 0.5) is 4.79 Å². The minimum absolute atomic E-state index is 0.0272. The van der Waals surface area contributed by atoms with E-state index in [2.05, 4.69) is 10.2 Å². The summed E-state index contributed by atoms with van der Waals surface area (Å²) in [6, 6.07) is 4.88. The molecule has 11 nitrogen and oxygen atoms in total. The first-order valence-electron chi connectivity index (χ1n) is 7.57. The second-order valence-electron chi connectivity index (χ2n) is 5.16. The largest absolute Gasteiger partial charge is 0.481 e. The van der Waals surface area contributed by atoms with Gasteiger partial charge in [-0.1, -0.05) is 12.1 Å². The molecular weight excluding hydrogens is 352 g/mol. The van der Waals surface area contributed by atoms with Crippen LogP contribution in [-0.4, -0.2) is 46.0 Å². The molecule has 1 amide bonds. The van der Waals surface area contributed by atoms with Gasteiger partial charge in [0.05, 0.1) is 6.61 Å². The molecule has 1 rings (SSSR count). The van der Waals surface area contributed by atoms with Crippen LogP contribution in [0.25, 0.3) is 0 Å². The summed E-state index contributed by atoms with van der Waals surface area (Å²) in [5.74, 6) is -2.38. The number of carbonyl (C=O) groups excluding carboxylic acids is 1. The number of hydrogen-bond donors (Lipinski definition) is 3. The fraction of sp³-hybridized carbons (Fsp3) is 0.400. The maximum absolute atomic E-state index is 11.7. The molecule has 0 aliphatic carbocycles. The number of carboxylic acids is 2. The molecule has 0 aromatic heterocycles. The molecule has 0 fully saturated rings. The number of ether oxygens (including phenoxy) is 1. The Hall–Kier alpha value is -3.37. The first kappa shape index (κ1) is 20.7. The van der Waals surface area contributed by atoms with Crippen LogP contribution in [-0.2, 0) is 20.8 Å². The van der Waals surface area contributed by atoms with Crippen LogP contribution in [0.15, 0.2) is 24.3 Å². The zero-order valence-electron chi connectivity index (χ0n) is 13.6. The molecule has 3 N–H and O–H groups in total. The van der Waals surface area contributed by atoms with E-state index < -0.39 is 35.6 Å². The van der Waals surface area contributed by atoms with Crippen molar-refractivity contribution in [1.29, 1.82) is 0 Å². The highest BCUT2D eigenvalue weighted by molar-refractivity contribution is 5.81. The second-order valence-corrected chi connectivity index (χ2v) is 5.16. The Balaban J connectivity index is 2.46. The summed E-state index contributed by atoms with van der Waals surface area (Å²) in [5, 5.41) is 28.8. The van der Waals surface area contributed by atoms with Crippen molar-refractivity contribution in [3.8, 4) is 5.75 Å². The van der Waals surface area contributed by atoms with Gasteiger partial charge in [0.1, 0.15) is 11.8 Å². The minimum atomic E-state index is -1.38. The summed E-state index contributed by atoms with van der Waals surface area (Å²) in [4.78, 5) is 47.4. The molecular formula is C15H18N2O9. The number of nitrogens with zero attached hydrogens (tertiary/aromatic N) is 1. The highest BCUT2D eigenvalue weighted by Crippen LogP contribution is 2.14. The number of benzene rings is 1. The van der Waals surface area contributed by atoms with E-state index >= 15 is 0 Å². The lowest BCUT2D eigenvalue weighted by Gasteiger charge is -2.13. The third-order valence-electron chi connectivity index (χ3n) is 3.18. The molecule has 0 saturated carbocycles. The minimum Gasteiger partial charge on any atom is -0.481 e. The fourth-order valence-electron chi connectivity index (χ4n) is 1.94. The molecule has 0 bridgehead atoms. The first-order valence-corrected chi connectivity index (χ1v) is 7.57. The van der Waals surface area contributed by atoms with Crippen LogP contribution in [0.2, 0.25) is 0 Å². The van der Waals surface area contributed by atoms with Crippen LogP contribution in [0, 0.1) is 10.1 Å². The van der Waals surface area contributed by atoms with Crippen molar-refractivity contribution < 1.29 is 39.3 Å². The fourth-order valence-corrected chi connectivity index (χ4v) is 1.94. The molecule has 0 spiro atoms. The van der Waals surface area contributed by atoms with Gasteiger partial charge in [-0.2, -0.15) is 0 Å². The molecule has 0 heterocycles. The Bertz CT molecular complexity index is 645. The lowest BCUT2D eigenvalue weighted by atomic mass is 10.1. The molecule has 0 radical (unpaired) electrons. The van der Waals surface area contributed by atoms with Crippen LogP contribution in [0.1, 0.15) is 24.8 Å². The molecule has 26 heavy (non-hydrogen) atoms. The van der Waals surface area contributed by atoms with Crippen molar-refractivity contribution in [2.75, 3.05) is 6.61 Å². The van der Waals surface area contributed by atoms with Gasteiger partial charge in [0.15, 0.2) is 0 Å². The number of rotatable bonds is 11. The van der Waals surface area contributed by atoms with E-state index in [1.807, 2.05) is 0 Å². The molecule has 0 aliphatic rings. The third-order valence-corrected chi connectivity index (χ3v) is 3.18. The molecule has 11 heteroatoms. The molecule has 1 aromatic rings. The molecule has 1 unspecified atom stereocenters. The SMILES string of the molecule is O=C(O)CCC(NC(=O)Oc1ccc(CCCO[N+](=O)[O-])cc1)C(=O)O. The van der Waals surface area contributed by atoms with E-state index in [1.165, 1.54) is 12.1 Å². The summed E-state index contributed by atoms with van der Waals surface area (Å²) < 4.78 is 4.94. The van der Waals surface area contributed by atoms with E-state index in [-0.39, 0.29) is 18.8 Å². The normalized spacial score (nSPS) is 11.2. The molecule has 142 valence electrons. The average molecular weight is 370 g/mol. The highest BCUT2D eigenvalue weighted by atomic mass is 16.9. The summed E-state index contributed by atoms with van der Waals surface area (Å²) in [5.41, 5.74) is 0.842. The van der Waals surface area contributed by atoms with Gasteiger partial charge >= 0.3 is 18.0 Å². The first-order chi connectivity index (χ1) is 12.3. The molecule has 1 atom stereocenters. The zero-order chi connectivity index (χ0) is 19.5. The smallest absolute Gasteiger partial charge is 0.413 e. The van der Waals surface area contributed by atoms with Crippen LogP contribution >= 0.6 is 0 Å². The van der Waals surface area contributed by atoms with Gasteiger partial charge in [-0.15, -0.1) is 10.1 Å². The Kier molecular flexibility index (Phi) is 8.34. The lowest BCUT2D eigenvalue weighted by Crippen LogP contribution is -2.42. The summed E-state index contributed by atoms with van der Waals surface area (Å²) >= 11 is 0. The van der Waals surface area contributed by atoms with E-state index in [9.17, 15) is 24.5 Å². The lowest BCUT2D eigenvalue weighted by molar-refractivity contribution is -0.757. The van der Waals surface area contributed by atoms with Gasteiger partial charge in [0.2, 0.25) is 0 Å². The summed E-state index contributed by atoms with van der Waals surface area (Å²) in [7, 11) is 0. The Labute approximate surface area is 147 Å². The van der Waals surface area contributed by atoms with Gasteiger partial charge < -0.3 is 25.1 Å². The summed E-state index contributed by atoms with van der Waals surface area (Å²) in [6.45, 7) is -0.0272. The van der Waals surface area contributed by atoms with E-state index in [1.54, 1.807) is 12.1 Å². The van der Waals surface area contributed by atoms with Crippen LogP contribution in [0.5, 0.6) is 5.75 Å². The van der Waals surface area contributed by atoms with Crippen LogP contribution in [0.3, 0.4) is 0 Å². The van der Waals surface area contributed by atoms with Gasteiger partial charge in [0.25, 0.3) is 5.09 Å². The number of nitrogens with one attached hydrogen (secondary N) is 1. The van der Waals surface area contributed by atoms with Crippen molar-refractivity contribution in [2.45, 2.75) is 31.7 Å². The van der Waals surface area contributed by atoms with Gasteiger partial charge in [-0.25, -0.2) is 9.59 Å². The number of aliphatic carboxylic acids is 2. The van der Waals surface area contributed by atoms with Gasteiger partial charge in [-0.3, -0.25) is 4.79 Å². The highest BCUT2D eigenvalue weighted by Gasteiger charge is 2.21. The van der Waals surface area contributed by atoms with Crippen molar-refractivity contribution in [1.82, 2.24) is 5.32 Å². The summed E-state index contributed by atoms with van der Waals surface area (Å²) in [6.07, 6.45) is -0.742. The predicted molar refractivity (Wildman–Crippen MR) is 85.2 cm³/mol.